The summed E-state index contributed by atoms with van der Waals surface area (Å²) in [7, 11) is -3.40. The van der Waals surface area contributed by atoms with E-state index in [1.807, 2.05) is 0 Å². The number of fused-ring (bicyclic) bond motifs is 1. The van der Waals surface area contributed by atoms with Crippen molar-refractivity contribution in [1.29, 1.82) is 0 Å². The number of hydrogen-bond donors (Lipinski definition) is 1. The topological polar surface area (TPSA) is 101 Å². The SMILES string of the molecule is CS(=O)(=O)c1ccc(CN2C(=O)COc3ccc(C(=O)CO)cc32)c(Cl)c1. The number of halogens is 1. The Bertz CT molecular complexity index is 1030. The standard InChI is InChI=1S/C18H16ClNO6S/c1-27(24,25)13-4-2-12(14(19)7-13)8-20-15-6-11(16(22)9-21)3-5-17(15)26-10-18(20)23/h2-7,21H,8-10H2,1H3. The smallest absolute Gasteiger partial charge is 0.265 e. The van der Waals surface area contributed by atoms with Crippen LogP contribution in [0.25, 0.3) is 0 Å². The molecule has 0 spiro atoms. The maximum absolute atomic E-state index is 12.4. The number of benzene rings is 2. The average molecular weight is 410 g/mol. The fraction of sp³-hybridized carbons (Fsp3) is 0.222. The van der Waals surface area contributed by atoms with E-state index >= 15 is 0 Å². The predicted molar refractivity (Wildman–Crippen MR) is 99.1 cm³/mol. The summed E-state index contributed by atoms with van der Waals surface area (Å²) in [6.45, 7) is -0.736. The molecule has 9 heteroatoms. The Morgan fingerprint density at radius 1 is 1.26 bits per heavy atom. The van der Waals surface area contributed by atoms with Crippen molar-refractivity contribution in [3.8, 4) is 5.75 Å². The maximum atomic E-state index is 12.4. The summed E-state index contributed by atoms with van der Waals surface area (Å²) in [5.41, 5.74) is 1.18. The molecule has 3 rings (SSSR count). The zero-order chi connectivity index (χ0) is 19.8. The normalized spacial score (nSPS) is 13.9. The van der Waals surface area contributed by atoms with Gasteiger partial charge in [-0.2, -0.15) is 0 Å². The Kier molecular flexibility index (Phi) is 5.23. The third-order valence-electron chi connectivity index (χ3n) is 4.15. The number of amides is 1. The molecule has 27 heavy (non-hydrogen) atoms. The van der Waals surface area contributed by atoms with Crippen molar-refractivity contribution in [3.05, 3.63) is 52.5 Å². The summed E-state index contributed by atoms with van der Waals surface area (Å²) >= 11 is 6.21. The third-order valence-corrected chi connectivity index (χ3v) is 5.61. The zero-order valence-corrected chi connectivity index (χ0v) is 15.9. The van der Waals surface area contributed by atoms with Crippen molar-refractivity contribution in [3.63, 3.8) is 0 Å². The minimum Gasteiger partial charge on any atom is -0.482 e. The number of aliphatic hydroxyl groups is 1. The first-order chi connectivity index (χ1) is 12.7. The van der Waals surface area contributed by atoms with Gasteiger partial charge < -0.3 is 14.7 Å². The summed E-state index contributed by atoms with van der Waals surface area (Å²) in [4.78, 5) is 25.6. The van der Waals surface area contributed by atoms with E-state index in [0.717, 1.165) is 6.26 Å². The molecule has 0 atom stereocenters. The minimum atomic E-state index is -3.40. The quantitative estimate of drug-likeness (QED) is 0.756. The number of carbonyl (C=O) groups is 2. The van der Waals surface area contributed by atoms with Gasteiger partial charge in [0.15, 0.2) is 22.2 Å². The molecule has 0 fully saturated rings. The molecule has 0 unspecified atom stereocenters. The lowest BCUT2D eigenvalue weighted by molar-refractivity contribution is -0.121. The van der Waals surface area contributed by atoms with Crippen LogP contribution in [0.1, 0.15) is 15.9 Å². The fourth-order valence-electron chi connectivity index (χ4n) is 2.70. The van der Waals surface area contributed by atoms with E-state index in [0.29, 0.717) is 17.0 Å². The Hall–Kier alpha value is -2.42. The lowest BCUT2D eigenvalue weighted by Gasteiger charge is -2.30. The highest BCUT2D eigenvalue weighted by Crippen LogP contribution is 2.35. The first-order valence-electron chi connectivity index (χ1n) is 7.90. The molecule has 142 valence electrons. The van der Waals surface area contributed by atoms with Crippen LogP contribution in [-0.4, -0.2) is 44.7 Å². The predicted octanol–water partition coefficient (Wildman–Crippen LogP) is 1.84. The molecule has 2 aromatic rings. The van der Waals surface area contributed by atoms with Crippen LogP contribution in [0, 0.1) is 0 Å². The van der Waals surface area contributed by atoms with Crippen LogP contribution in [0.5, 0.6) is 5.75 Å². The second kappa shape index (κ2) is 7.30. The van der Waals surface area contributed by atoms with Gasteiger partial charge in [-0.25, -0.2) is 8.42 Å². The van der Waals surface area contributed by atoms with Crippen LogP contribution in [0.4, 0.5) is 5.69 Å². The van der Waals surface area contributed by atoms with Crippen molar-refractivity contribution < 1.29 is 27.9 Å². The molecule has 0 saturated heterocycles. The molecule has 1 N–H and O–H groups in total. The Balaban J connectivity index is 1.98. The number of rotatable bonds is 5. The minimum absolute atomic E-state index is 0.0782. The monoisotopic (exact) mass is 409 g/mol. The van der Waals surface area contributed by atoms with Crippen LogP contribution in [0.2, 0.25) is 5.02 Å². The maximum Gasteiger partial charge on any atom is 0.265 e. The number of hydrogen-bond acceptors (Lipinski definition) is 6. The molecule has 1 aliphatic rings. The third kappa shape index (κ3) is 3.97. The van der Waals surface area contributed by atoms with E-state index in [-0.39, 0.29) is 34.5 Å². The van der Waals surface area contributed by atoms with E-state index in [4.69, 9.17) is 21.4 Å². The molecule has 0 aliphatic carbocycles. The number of Topliss-reactive ketones (excluding diaryl/α,β-unsaturated/α-hetero) is 1. The molecule has 1 amide bonds. The Morgan fingerprint density at radius 3 is 2.63 bits per heavy atom. The van der Waals surface area contributed by atoms with Crippen LogP contribution < -0.4 is 9.64 Å². The van der Waals surface area contributed by atoms with Crippen molar-refractivity contribution in [2.75, 3.05) is 24.4 Å². The lowest BCUT2D eigenvalue weighted by atomic mass is 10.1. The molecule has 2 aromatic carbocycles. The van der Waals surface area contributed by atoms with Gasteiger partial charge in [-0.05, 0) is 35.9 Å². The summed E-state index contributed by atoms with van der Waals surface area (Å²) < 4.78 is 28.7. The molecular formula is C18H16ClNO6S. The first kappa shape index (κ1) is 19.3. The molecule has 7 nitrogen and oxygen atoms in total. The number of carbonyl (C=O) groups excluding carboxylic acids is 2. The van der Waals surface area contributed by atoms with Crippen molar-refractivity contribution in [2.24, 2.45) is 0 Å². The number of sulfone groups is 1. The van der Waals surface area contributed by atoms with Crippen LogP contribution in [0.3, 0.4) is 0 Å². The number of anilines is 1. The molecule has 1 heterocycles. The molecule has 0 saturated carbocycles. The number of aliphatic hydroxyl groups excluding tert-OH is 1. The second-order valence-electron chi connectivity index (χ2n) is 6.06. The van der Waals surface area contributed by atoms with Gasteiger partial charge in [0.05, 0.1) is 17.1 Å². The van der Waals surface area contributed by atoms with Gasteiger partial charge in [0.25, 0.3) is 5.91 Å². The second-order valence-corrected chi connectivity index (χ2v) is 8.48. The van der Waals surface area contributed by atoms with Crippen LogP contribution in [-0.2, 0) is 21.2 Å². The first-order valence-corrected chi connectivity index (χ1v) is 10.2. The highest BCUT2D eigenvalue weighted by molar-refractivity contribution is 7.90. The van der Waals surface area contributed by atoms with Gasteiger partial charge in [-0.3, -0.25) is 9.59 Å². The van der Waals surface area contributed by atoms with E-state index in [9.17, 15) is 18.0 Å². The van der Waals surface area contributed by atoms with E-state index in [2.05, 4.69) is 0 Å². The lowest BCUT2D eigenvalue weighted by Crippen LogP contribution is -2.38. The Morgan fingerprint density at radius 2 is 2.00 bits per heavy atom. The van der Waals surface area contributed by atoms with E-state index in [1.165, 1.54) is 29.2 Å². The van der Waals surface area contributed by atoms with Gasteiger partial charge in [0.2, 0.25) is 0 Å². The zero-order valence-electron chi connectivity index (χ0n) is 14.3. The van der Waals surface area contributed by atoms with Crippen LogP contribution >= 0.6 is 11.6 Å². The fourth-order valence-corrected chi connectivity index (χ4v) is 3.65. The molecule has 0 bridgehead atoms. The van der Waals surface area contributed by atoms with E-state index in [1.54, 1.807) is 12.1 Å². The van der Waals surface area contributed by atoms with E-state index < -0.39 is 22.2 Å². The highest BCUT2D eigenvalue weighted by Gasteiger charge is 2.27. The van der Waals surface area contributed by atoms with Crippen molar-refractivity contribution >= 4 is 38.8 Å². The molecule has 0 aromatic heterocycles. The number of ketones is 1. The summed E-state index contributed by atoms with van der Waals surface area (Å²) in [5.74, 6) is -0.390. The van der Waals surface area contributed by atoms with Gasteiger partial charge in [0.1, 0.15) is 12.4 Å². The van der Waals surface area contributed by atoms with Gasteiger partial charge >= 0.3 is 0 Å². The number of ether oxygens (including phenoxy) is 1. The molecule has 0 radical (unpaired) electrons. The molecular weight excluding hydrogens is 394 g/mol. The average Bonchev–Trinajstić information content (AvgIpc) is 2.63. The van der Waals surface area contributed by atoms with Crippen LogP contribution in [0.15, 0.2) is 41.3 Å². The Labute approximate surface area is 161 Å². The van der Waals surface area contributed by atoms with Crippen molar-refractivity contribution in [2.45, 2.75) is 11.4 Å². The van der Waals surface area contributed by atoms with Gasteiger partial charge in [0, 0.05) is 16.8 Å². The summed E-state index contributed by atoms with van der Waals surface area (Å²) in [6.07, 6.45) is 1.08. The van der Waals surface area contributed by atoms with Gasteiger partial charge in [-0.1, -0.05) is 17.7 Å². The summed E-state index contributed by atoms with van der Waals surface area (Å²) in [6, 6.07) is 8.86. The number of nitrogens with zero attached hydrogens (tertiary/aromatic N) is 1. The highest BCUT2D eigenvalue weighted by atomic mass is 35.5. The largest absolute Gasteiger partial charge is 0.482 e. The van der Waals surface area contributed by atoms with Crippen molar-refractivity contribution in [1.82, 2.24) is 0 Å². The summed E-state index contributed by atoms with van der Waals surface area (Å²) in [5, 5.41) is 9.26. The van der Waals surface area contributed by atoms with Gasteiger partial charge in [-0.15, -0.1) is 0 Å². The molecule has 1 aliphatic heterocycles.